The van der Waals surface area contributed by atoms with Crippen molar-refractivity contribution in [2.75, 3.05) is 38.3 Å². The van der Waals surface area contributed by atoms with Gasteiger partial charge in [-0.2, -0.15) is 5.10 Å². The van der Waals surface area contributed by atoms with Gasteiger partial charge in [-0.15, -0.1) is 0 Å². The molecule has 6 heterocycles. The minimum atomic E-state index is 0.307. The van der Waals surface area contributed by atoms with Crippen molar-refractivity contribution in [2.45, 2.75) is 39.0 Å². The number of hydrogen-bond donors (Lipinski definition) is 1. The van der Waals surface area contributed by atoms with Gasteiger partial charge < -0.3 is 19.4 Å². The van der Waals surface area contributed by atoms with Gasteiger partial charge in [-0.05, 0) is 55.2 Å². The molecule has 34 heavy (non-hydrogen) atoms. The predicted octanol–water partition coefficient (Wildman–Crippen LogP) is 4.66. The standard InChI is InChI=1S/C26H32N6O2/c1-16(2)23-24(19-11-21(33-3)26-27-15-28-32(26)14-19)29-20-4-5-22(30-25(20)23)31-12-18(13-31)10-17-6-8-34-9-7-17/h4-5,11,14-18,29H,6-10,12-13H2,1-3H3. The summed E-state index contributed by atoms with van der Waals surface area (Å²) in [7, 11) is 1.67. The molecule has 6 rings (SSSR count). The van der Waals surface area contributed by atoms with Gasteiger partial charge in [0.25, 0.3) is 0 Å². The quantitative estimate of drug-likeness (QED) is 0.451. The monoisotopic (exact) mass is 460 g/mol. The van der Waals surface area contributed by atoms with Crippen LogP contribution in [0.3, 0.4) is 0 Å². The first-order valence-electron chi connectivity index (χ1n) is 12.3. The summed E-state index contributed by atoms with van der Waals surface area (Å²) in [6.45, 7) is 8.51. The van der Waals surface area contributed by atoms with E-state index in [9.17, 15) is 0 Å². The molecule has 2 saturated heterocycles. The average molecular weight is 461 g/mol. The summed E-state index contributed by atoms with van der Waals surface area (Å²) in [6.07, 6.45) is 7.30. The molecule has 0 amide bonds. The topological polar surface area (TPSA) is 80.6 Å². The number of ether oxygens (including phenoxy) is 2. The first kappa shape index (κ1) is 21.4. The Kier molecular flexibility index (Phi) is 5.40. The minimum Gasteiger partial charge on any atom is -0.493 e. The second-order valence-corrected chi connectivity index (χ2v) is 10.0. The van der Waals surface area contributed by atoms with Crippen molar-refractivity contribution >= 4 is 22.5 Å². The van der Waals surface area contributed by atoms with Crippen molar-refractivity contribution in [1.82, 2.24) is 24.6 Å². The summed E-state index contributed by atoms with van der Waals surface area (Å²) in [5.74, 6) is 3.69. The zero-order valence-electron chi connectivity index (χ0n) is 20.1. The lowest BCUT2D eigenvalue weighted by molar-refractivity contribution is 0.0568. The van der Waals surface area contributed by atoms with E-state index in [1.165, 1.54) is 24.8 Å². The van der Waals surface area contributed by atoms with E-state index < -0.39 is 0 Å². The smallest absolute Gasteiger partial charge is 0.197 e. The van der Waals surface area contributed by atoms with E-state index in [2.05, 4.69) is 45.9 Å². The second kappa shape index (κ2) is 8.58. The van der Waals surface area contributed by atoms with E-state index >= 15 is 0 Å². The van der Waals surface area contributed by atoms with E-state index in [0.717, 1.165) is 66.2 Å². The number of pyridine rings is 2. The number of H-pyrrole nitrogens is 1. The molecule has 2 fully saturated rings. The lowest BCUT2D eigenvalue weighted by Gasteiger charge is -2.42. The number of hydrogen-bond acceptors (Lipinski definition) is 6. The van der Waals surface area contributed by atoms with E-state index in [-0.39, 0.29) is 0 Å². The molecule has 0 aliphatic carbocycles. The van der Waals surface area contributed by atoms with E-state index in [0.29, 0.717) is 17.3 Å². The number of fused-ring (bicyclic) bond motifs is 2. The van der Waals surface area contributed by atoms with Crippen molar-refractivity contribution in [3.63, 3.8) is 0 Å². The van der Waals surface area contributed by atoms with Crippen LogP contribution in [-0.2, 0) is 4.74 Å². The van der Waals surface area contributed by atoms with Crippen LogP contribution < -0.4 is 9.64 Å². The van der Waals surface area contributed by atoms with Crippen LogP contribution in [0.4, 0.5) is 5.82 Å². The van der Waals surface area contributed by atoms with Crippen LogP contribution in [0.25, 0.3) is 27.9 Å². The fraction of sp³-hybridized carbons (Fsp3) is 0.500. The molecule has 0 aromatic carbocycles. The third-order valence-electron chi connectivity index (χ3n) is 7.38. The molecule has 2 aliphatic heterocycles. The van der Waals surface area contributed by atoms with Crippen LogP contribution in [0.5, 0.6) is 5.75 Å². The van der Waals surface area contributed by atoms with Gasteiger partial charge in [0.2, 0.25) is 0 Å². The summed E-state index contributed by atoms with van der Waals surface area (Å²) >= 11 is 0. The van der Waals surface area contributed by atoms with Gasteiger partial charge in [0.15, 0.2) is 11.4 Å². The van der Waals surface area contributed by atoms with Crippen LogP contribution in [0.15, 0.2) is 30.7 Å². The summed E-state index contributed by atoms with van der Waals surface area (Å²) in [6, 6.07) is 6.35. The summed E-state index contributed by atoms with van der Waals surface area (Å²) in [5.41, 5.74) is 6.11. The maximum atomic E-state index is 5.59. The Morgan fingerprint density at radius 1 is 1.18 bits per heavy atom. The fourth-order valence-electron chi connectivity index (χ4n) is 5.58. The molecule has 4 aromatic heterocycles. The molecule has 1 N–H and O–H groups in total. The SMILES string of the molecule is COc1cc(-c2[nH]c3ccc(N4CC(CC5CCOCC5)C4)nc3c2C(C)C)cn2ncnc12. The van der Waals surface area contributed by atoms with Crippen molar-refractivity contribution in [3.8, 4) is 17.0 Å². The number of nitrogens with one attached hydrogen (secondary N) is 1. The van der Waals surface area contributed by atoms with Gasteiger partial charge in [-0.1, -0.05) is 13.8 Å². The lowest BCUT2D eigenvalue weighted by Crippen LogP contribution is -2.48. The molecule has 178 valence electrons. The Morgan fingerprint density at radius 3 is 2.76 bits per heavy atom. The summed E-state index contributed by atoms with van der Waals surface area (Å²) in [4.78, 5) is 15.5. The fourth-order valence-corrected chi connectivity index (χ4v) is 5.58. The lowest BCUT2D eigenvalue weighted by atomic mass is 9.85. The summed E-state index contributed by atoms with van der Waals surface area (Å²) < 4.78 is 12.9. The average Bonchev–Trinajstić information content (AvgIpc) is 3.45. The molecule has 2 aliphatic rings. The van der Waals surface area contributed by atoms with Crippen LogP contribution in [-0.4, -0.2) is 58.0 Å². The Balaban J connectivity index is 1.30. The number of anilines is 1. The molecule has 4 aromatic rings. The first-order valence-corrected chi connectivity index (χ1v) is 12.3. The Hall–Kier alpha value is -3.13. The van der Waals surface area contributed by atoms with Crippen molar-refractivity contribution in [3.05, 3.63) is 36.3 Å². The largest absolute Gasteiger partial charge is 0.493 e. The van der Waals surface area contributed by atoms with Crippen LogP contribution in [0.1, 0.15) is 44.6 Å². The molecule has 0 atom stereocenters. The predicted molar refractivity (Wildman–Crippen MR) is 133 cm³/mol. The highest BCUT2D eigenvalue weighted by molar-refractivity contribution is 5.90. The highest BCUT2D eigenvalue weighted by atomic mass is 16.5. The van der Waals surface area contributed by atoms with Gasteiger partial charge in [0, 0.05) is 43.6 Å². The van der Waals surface area contributed by atoms with E-state index in [1.54, 1.807) is 18.0 Å². The Morgan fingerprint density at radius 2 is 2.00 bits per heavy atom. The second-order valence-electron chi connectivity index (χ2n) is 10.0. The highest BCUT2D eigenvalue weighted by Crippen LogP contribution is 2.38. The number of rotatable bonds is 6. The summed E-state index contributed by atoms with van der Waals surface area (Å²) in [5, 5.41) is 4.33. The highest BCUT2D eigenvalue weighted by Gasteiger charge is 2.31. The molecule has 8 heteroatoms. The third kappa shape index (κ3) is 3.70. The van der Waals surface area contributed by atoms with Crippen LogP contribution >= 0.6 is 0 Å². The van der Waals surface area contributed by atoms with Crippen LogP contribution in [0.2, 0.25) is 0 Å². The molecule has 0 radical (unpaired) electrons. The van der Waals surface area contributed by atoms with Gasteiger partial charge >= 0.3 is 0 Å². The van der Waals surface area contributed by atoms with Crippen molar-refractivity contribution < 1.29 is 9.47 Å². The molecular formula is C26H32N6O2. The molecular weight excluding hydrogens is 428 g/mol. The molecule has 8 nitrogen and oxygen atoms in total. The van der Waals surface area contributed by atoms with E-state index in [1.807, 2.05) is 12.3 Å². The first-order chi connectivity index (χ1) is 16.6. The maximum absolute atomic E-state index is 5.59. The molecule has 0 spiro atoms. The minimum absolute atomic E-state index is 0.307. The van der Waals surface area contributed by atoms with Crippen molar-refractivity contribution in [2.24, 2.45) is 11.8 Å². The van der Waals surface area contributed by atoms with Crippen LogP contribution in [0, 0.1) is 11.8 Å². The van der Waals surface area contributed by atoms with Crippen molar-refractivity contribution in [1.29, 1.82) is 0 Å². The van der Waals surface area contributed by atoms with Gasteiger partial charge in [-0.3, -0.25) is 0 Å². The zero-order chi connectivity index (χ0) is 23.2. The normalized spacial score (nSPS) is 17.7. The molecule has 0 saturated carbocycles. The number of nitrogens with zero attached hydrogens (tertiary/aromatic N) is 5. The Labute approximate surface area is 199 Å². The number of methoxy groups -OCH3 is 1. The number of aromatic nitrogens is 5. The molecule has 0 bridgehead atoms. The zero-order valence-corrected chi connectivity index (χ0v) is 20.1. The van der Waals surface area contributed by atoms with Gasteiger partial charge in [0.05, 0.1) is 23.8 Å². The third-order valence-corrected chi connectivity index (χ3v) is 7.38. The molecule has 0 unspecified atom stereocenters. The number of aromatic amines is 1. The maximum Gasteiger partial charge on any atom is 0.197 e. The van der Waals surface area contributed by atoms with Gasteiger partial charge in [-0.25, -0.2) is 14.5 Å². The van der Waals surface area contributed by atoms with Gasteiger partial charge in [0.1, 0.15) is 12.1 Å². The van der Waals surface area contributed by atoms with E-state index in [4.69, 9.17) is 14.5 Å². The Bertz CT molecular complexity index is 1310.